The minimum absolute atomic E-state index is 0.0319. The van der Waals surface area contributed by atoms with Crippen LogP contribution in [0.2, 0.25) is 0 Å². The van der Waals surface area contributed by atoms with Gasteiger partial charge in [-0.1, -0.05) is 20.8 Å². The van der Waals surface area contributed by atoms with Crippen LogP contribution in [-0.2, 0) is 20.8 Å². The van der Waals surface area contributed by atoms with Gasteiger partial charge in [0, 0.05) is 64.1 Å². The zero-order valence-electron chi connectivity index (χ0n) is 20.1. The Labute approximate surface area is 192 Å². The molecule has 3 aliphatic heterocycles. The van der Waals surface area contributed by atoms with Crippen LogP contribution < -0.4 is 10.2 Å². The van der Waals surface area contributed by atoms with Gasteiger partial charge in [-0.25, -0.2) is 4.98 Å². The van der Waals surface area contributed by atoms with Gasteiger partial charge >= 0.3 is 0 Å². The van der Waals surface area contributed by atoms with Crippen LogP contribution in [0.1, 0.15) is 45.6 Å². The molecule has 4 heterocycles. The van der Waals surface area contributed by atoms with E-state index in [-0.39, 0.29) is 22.7 Å². The molecule has 0 bridgehead atoms. The van der Waals surface area contributed by atoms with Crippen LogP contribution in [0.5, 0.6) is 0 Å². The summed E-state index contributed by atoms with van der Waals surface area (Å²) in [4.78, 5) is 22.6. The second kappa shape index (κ2) is 10.1. The summed E-state index contributed by atoms with van der Waals surface area (Å²) in [5.41, 5.74) is 1.52. The average molecular weight is 445 g/mol. The summed E-state index contributed by atoms with van der Waals surface area (Å²) in [7, 11) is 0. The molecule has 1 N–H and O–H groups in total. The fourth-order valence-electron chi connectivity index (χ4n) is 5.30. The number of rotatable bonds is 6. The summed E-state index contributed by atoms with van der Waals surface area (Å²) in [6.07, 6.45) is 4.84. The van der Waals surface area contributed by atoms with Crippen LogP contribution in [-0.4, -0.2) is 74.9 Å². The van der Waals surface area contributed by atoms with Gasteiger partial charge in [0.15, 0.2) is 0 Å². The summed E-state index contributed by atoms with van der Waals surface area (Å²) in [6, 6.07) is 4.32. The van der Waals surface area contributed by atoms with Gasteiger partial charge in [-0.15, -0.1) is 0 Å². The van der Waals surface area contributed by atoms with Gasteiger partial charge in [0.25, 0.3) is 0 Å². The molecule has 1 amide bonds. The number of morpholine rings is 1. The summed E-state index contributed by atoms with van der Waals surface area (Å²) in [5, 5.41) is 3.25. The van der Waals surface area contributed by atoms with Gasteiger partial charge in [0.1, 0.15) is 5.82 Å². The standard InChI is InChI=1S/C25H40N4O3/c1-24(2,3)5-9-27-23(30)21-18-28(19-25(21)6-12-31-13-7-25)17-20-4-8-26-22(16-20)29-10-14-32-15-11-29/h4,8,16,21H,5-7,9-15,17-19H2,1-3H3,(H,27,30)/t21-/m0/s1. The fourth-order valence-corrected chi connectivity index (χ4v) is 5.30. The van der Waals surface area contributed by atoms with Crippen LogP contribution in [0.15, 0.2) is 18.3 Å². The molecule has 0 radical (unpaired) electrons. The average Bonchev–Trinajstić information content (AvgIpc) is 3.11. The number of carbonyl (C=O) groups is 1. The molecule has 1 atom stereocenters. The molecule has 3 aliphatic rings. The highest BCUT2D eigenvalue weighted by atomic mass is 16.5. The van der Waals surface area contributed by atoms with Crippen LogP contribution in [0.3, 0.4) is 0 Å². The van der Waals surface area contributed by atoms with E-state index in [1.54, 1.807) is 0 Å². The van der Waals surface area contributed by atoms with Crippen molar-refractivity contribution in [1.82, 2.24) is 15.2 Å². The monoisotopic (exact) mass is 444 g/mol. The number of anilines is 1. The Morgan fingerprint density at radius 1 is 1.19 bits per heavy atom. The van der Waals surface area contributed by atoms with Crippen molar-refractivity contribution < 1.29 is 14.3 Å². The summed E-state index contributed by atoms with van der Waals surface area (Å²) >= 11 is 0. The lowest BCUT2D eigenvalue weighted by Crippen LogP contribution is -2.44. The SMILES string of the molecule is CC(C)(C)CCNC(=O)[C@@H]1CN(Cc2ccnc(N3CCOCC3)c2)CC12CCOCC2. The first kappa shape index (κ1) is 23.5. The molecule has 0 saturated carbocycles. The first-order valence-corrected chi connectivity index (χ1v) is 12.2. The van der Waals surface area contributed by atoms with Crippen molar-refractivity contribution in [2.75, 3.05) is 64.1 Å². The van der Waals surface area contributed by atoms with E-state index in [1.165, 1.54) is 5.56 Å². The predicted molar refractivity (Wildman–Crippen MR) is 126 cm³/mol. The Kier molecular flexibility index (Phi) is 7.37. The molecular weight excluding hydrogens is 404 g/mol. The van der Waals surface area contributed by atoms with E-state index in [2.05, 4.69) is 53.0 Å². The van der Waals surface area contributed by atoms with Crippen molar-refractivity contribution in [2.45, 2.75) is 46.6 Å². The normalized spacial score (nSPS) is 24.1. The number of ether oxygens (including phenoxy) is 2. The Bertz CT molecular complexity index is 767. The summed E-state index contributed by atoms with van der Waals surface area (Å²) in [5.74, 6) is 1.29. The van der Waals surface area contributed by atoms with E-state index >= 15 is 0 Å². The number of likely N-dealkylation sites (tertiary alicyclic amines) is 1. The van der Waals surface area contributed by atoms with Crippen molar-refractivity contribution >= 4 is 11.7 Å². The van der Waals surface area contributed by atoms with Crippen LogP contribution >= 0.6 is 0 Å². The minimum Gasteiger partial charge on any atom is -0.381 e. The molecular formula is C25H40N4O3. The smallest absolute Gasteiger partial charge is 0.225 e. The third-order valence-corrected chi connectivity index (χ3v) is 7.25. The largest absolute Gasteiger partial charge is 0.381 e. The highest BCUT2D eigenvalue weighted by Crippen LogP contribution is 2.45. The lowest BCUT2D eigenvalue weighted by atomic mass is 9.71. The van der Waals surface area contributed by atoms with E-state index in [9.17, 15) is 4.79 Å². The first-order valence-electron chi connectivity index (χ1n) is 12.2. The van der Waals surface area contributed by atoms with Gasteiger partial charge in [-0.2, -0.15) is 0 Å². The number of pyridine rings is 1. The molecule has 0 unspecified atom stereocenters. The molecule has 7 heteroatoms. The molecule has 0 aromatic carbocycles. The van der Waals surface area contributed by atoms with E-state index in [0.29, 0.717) is 0 Å². The van der Waals surface area contributed by atoms with Crippen molar-refractivity contribution in [3.05, 3.63) is 23.9 Å². The Balaban J connectivity index is 1.42. The van der Waals surface area contributed by atoms with E-state index in [0.717, 1.165) is 90.8 Å². The molecule has 1 aromatic rings. The number of nitrogens with one attached hydrogen (secondary N) is 1. The van der Waals surface area contributed by atoms with E-state index < -0.39 is 0 Å². The lowest BCUT2D eigenvalue weighted by Gasteiger charge is -2.37. The lowest BCUT2D eigenvalue weighted by molar-refractivity contribution is -0.129. The predicted octanol–water partition coefficient (Wildman–Crippen LogP) is 2.70. The Morgan fingerprint density at radius 3 is 2.62 bits per heavy atom. The van der Waals surface area contributed by atoms with Gasteiger partial charge in [-0.3, -0.25) is 9.69 Å². The number of amides is 1. The number of nitrogens with zero attached hydrogens (tertiary/aromatic N) is 3. The van der Waals surface area contributed by atoms with E-state index in [4.69, 9.17) is 9.47 Å². The molecule has 3 fully saturated rings. The number of carbonyl (C=O) groups excluding carboxylic acids is 1. The molecule has 4 rings (SSSR count). The van der Waals surface area contributed by atoms with Gasteiger partial charge in [0.05, 0.1) is 19.1 Å². The topological polar surface area (TPSA) is 66.9 Å². The highest BCUT2D eigenvalue weighted by molar-refractivity contribution is 5.80. The highest BCUT2D eigenvalue weighted by Gasteiger charge is 2.50. The summed E-state index contributed by atoms with van der Waals surface area (Å²) < 4.78 is 11.1. The summed E-state index contributed by atoms with van der Waals surface area (Å²) in [6.45, 7) is 14.9. The second-order valence-electron chi connectivity index (χ2n) is 10.9. The maximum absolute atomic E-state index is 13.3. The third-order valence-electron chi connectivity index (χ3n) is 7.25. The van der Waals surface area contributed by atoms with Gasteiger partial charge in [0.2, 0.25) is 5.91 Å². The zero-order chi connectivity index (χ0) is 22.6. The number of hydrogen-bond donors (Lipinski definition) is 1. The zero-order valence-corrected chi connectivity index (χ0v) is 20.1. The van der Waals surface area contributed by atoms with Crippen molar-refractivity contribution in [3.63, 3.8) is 0 Å². The molecule has 32 heavy (non-hydrogen) atoms. The maximum Gasteiger partial charge on any atom is 0.225 e. The number of aromatic nitrogens is 1. The Hall–Kier alpha value is -1.70. The Morgan fingerprint density at radius 2 is 1.91 bits per heavy atom. The minimum atomic E-state index is 0.0319. The first-order chi connectivity index (χ1) is 15.3. The third kappa shape index (κ3) is 5.80. The molecule has 1 spiro atoms. The van der Waals surface area contributed by atoms with Gasteiger partial charge in [-0.05, 0) is 42.4 Å². The number of hydrogen-bond acceptors (Lipinski definition) is 6. The van der Waals surface area contributed by atoms with Crippen molar-refractivity contribution in [1.29, 1.82) is 0 Å². The van der Waals surface area contributed by atoms with Crippen LogP contribution in [0.25, 0.3) is 0 Å². The molecule has 0 aliphatic carbocycles. The molecule has 7 nitrogen and oxygen atoms in total. The maximum atomic E-state index is 13.3. The van der Waals surface area contributed by atoms with E-state index in [1.807, 2.05) is 6.20 Å². The van der Waals surface area contributed by atoms with Crippen molar-refractivity contribution in [3.8, 4) is 0 Å². The molecule has 178 valence electrons. The second-order valence-corrected chi connectivity index (χ2v) is 10.9. The quantitative estimate of drug-likeness (QED) is 0.728. The molecule has 3 saturated heterocycles. The van der Waals surface area contributed by atoms with Crippen LogP contribution in [0, 0.1) is 16.7 Å². The van der Waals surface area contributed by atoms with Crippen LogP contribution in [0.4, 0.5) is 5.82 Å². The fraction of sp³-hybridized carbons (Fsp3) is 0.760. The molecule has 1 aromatic heterocycles. The van der Waals surface area contributed by atoms with Gasteiger partial charge < -0.3 is 19.7 Å². The van der Waals surface area contributed by atoms with Crippen molar-refractivity contribution in [2.24, 2.45) is 16.7 Å².